The second-order valence-corrected chi connectivity index (χ2v) is 6.81. The topological polar surface area (TPSA) is 52.9 Å². The molecule has 0 bridgehead atoms. The molecule has 116 valence electrons. The zero-order chi connectivity index (χ0) is 15.2. The van der Waals surface area contributed by atoms with Gasteiger partial charge in [0.2, 0.25) is 0 Å². The van der Waals surface area contributed by atoms with E-state index in [9.17, 15) is 10.2 Å². The molecule has 4 heteroatoms. The Kier molecular flexibility index (Phi) is 3.72. The Morgan fingerprint density at radius 2 is 1.95 bits per heavy atom. The van der Waals surface area contributed by atoms with Crippen molar-refractivity contribution in [2.75, 3.05) is 13.1 Å². The summed E-state index contributed by atoms with van der Waals surface area (Å²) in [6, 6.07) is 5.76. The van der Waals surface area contributed by atoms with E-state index in [1.807, 2.05) is 32.0 Å². The van der Waals surface area contributed by atoms with Gasteiger partial charge in [0.25, 0.3) is 0 Å². The summed E-state index contributed by atoms with van der Waals surface area (Å²) in [5.41, 5.74) is 1.27. The molecule has 0 saturated carbocycles. The lowest BCUT2D eigenvalue weighted by molar-refractivity contribution is -0.0896. The zero-order valence-electron chi connectivity index (χ0n) is 13.0. The number of hydrogen-bond donors (Lipinski definition) is 2. The molecular formula is C17H25NO3. The summed E-state index contributed by atoms with van der Waals surface area (Å²) in [6.07, 6.45) is 1.26. The average molecular weight is 291 g/mol. The fourth-order valence-electron chi connectivity index (χ4n) is 3.46. The van der Waals surface area contributed by atoms with Crippen LogP contribution in [-0.2, 0) is 0 Å². The van der Waals surface area contributed by atoms with Gasteiger partial charge >= 0.3 is 0 Å². The highest BCUT2D eigenvalue weighted by Crippen LogP contribution is 2.44. The number of aliphatic hydroxyl groups excluding tert-OH is 2. The normalized spacial score (nSPS) is 29.8. The van der Waals surface area contributed by atoms with Crippen LogP contribution in [-0.4, -0.2) is 39.9 Å². The fraction of sp³-hybridized carbons (Fsp3) is 0.647. The monoisotopic (exact) mass is 291 g/mol. The van der Waals surface area contributed by atoms with E-state index in [0.717, 1.165) is 30.0 Å². The Balaban J connectivity index is 2.06. The molecule has 3 rings (SSSR count). The molecule has 2 aliphatic rings. The van der Waals surface area contributed by atoms with Crippen LogP contribution in [0.4, 0.5) is 0 Å². The molecular weight excluding hydrogens is 266 g/mol. The standard InChI is InChI=1S/C17H25NO3/c1-11(19)12-6-7-14-13(10-12)15(18-8-4-5-9-18)16(20)17(2,3)21-14/h6-7,10-11,15-16,19-20H,4-5,8-9H2,1-3H3/t11?,15-,16+/m1/s1. The third-order valence-corrected chi connectivity index (χ3v) is 4.75. The van der Waals surface area contributed by atoms with Crippen molar-refractivity contribution < 1.29 is 14.9 Å². The van der Waals surface area contributed by atoms with Crippen molar-refractivity contribution in [3.05, 3.63) is 29.3 Å². The van der Waals surface area contributed by atoms with Crippen molar-refractivity contribution in [3.8, 4) is 5.75 Å². The minimum atomic E-state index is -0.605. The van der Waals surface area contributed by atoms with E-state index >= 15 is 0 Å². The highest BCUT2D eigenvalue weighted by atomic mass is 16.5. The Labute approximate surface area is 126 Å². The van der Waals surface area contributed by atoms with Gasteiger partial charge in [-0.25, -0.2) is 0 Å². The SMILES string of the molecule is CC(O)c1ccc2c(c1)[C@@H](N1CCCC1)[C@H](O)C(C)(C)O2. The van der Waals surface area contributed by atoms with Crippen LogP contribution in [0.1, 0.15) is 56.9 Å². The van der Waals surface area contributed by atoms with E-state index < -0.39 is 17.8 Å². The van der Waals surface area contributed by atoms with Crippen LogP contribution < -0.4 is 4.74 Å². The summed E-state index contributed by atoms with van der Waals surface area (Å²) >= 11 is 0. The van der Waals surface area contributed by atoms with Gasteiger partial charge in [-0.2, -0.15) is 0 Å². The summed E-state index contributed by atoms with van der Waals surface area (Å²) in [5, 5.41) is 20.6. The number of benzene rings is 1. The molecule has 0 spiro atoms. The second kappa shape index (κ2) is 5.27. The lowest BCUT2D eigenvalue weighted by Crippen LogP contribution is -2.53. The van der Waals surface area contributed by atoms with E-state index in [-0.39, 0.29) is 6.04 Å². The fourth-order valence-corrected chi connectivity index (χ4v) is 3.46. The third kappa shape index (κ3) is 2.56. The summed E-state index contributed by atoms with van der Waals surface area (Å²) in [6.45, 7) is 7.65. The predicted octanol–water partition coefficient (Wildman–Crippen LogP) is 2.41. The van der Waals surface area contributed by atoms with Gasteiger partial charge < -0.3 is 14.9 Å². The van der Waals surface area contributed by atoms with Gasteiger partial charge in [-0.05, 0) is 64.4 Å². The van der Waals surface area contributed by atoms with Crippen LogP contribution in [0.15, 0.2) is 18.2 Å². The molecule has 0 radical (unpaired) electrons. The Bertz CT molecular complexity index is 521. The first kappa shape index (κ1) is 14.8. The number of ether oxygens (including phenoxy) is 1. The lowest BCUT2D eigenvalue weighted by Gasteiger charge is -2.45. The molecule has 2 heterocycles. The number of aliphatic hydroxyl groups is 2. The maximum Gasteiger partial charge on any atom is 0.131 e. The predicted molar refractivity (Wildman–Crippen MR) is 81.3 cm³/mol. The minimum absolute atomic E-state index is 0.0510. The number of hydrogen-bond acceptors (Lipinski definition) is 4. The van der Waals surface area contributed by atoms with Crippen molar-refractivity contribution in [2.45, 2.75) is 57.5 Å². The largest absolute Gasteiger partial charge is 0.485 e. The van der Waals surface area contributed by atoms with E-state index in [4.69, 9.17) is 4.74 Å². The van der Waals surface area contributed by atoms with Crippen LogP contribution in [0.25, 0.3) is 0 Å². The first-order chi connectivity index (χ1) is 9.90. The van der Waals surface area contributed by atoms with Gasteiger partial charge in [-0.3, -0.25) is 4.90 Å². The molecule has 3 atom stereocenters. The van der Waals surface area contributed by atoms with Crippen molar-refractivity contribution >= 4 is 0 Å². The summed E-state index contributed by atoms with van der Waals surface area (Å²) in [5.74, 6) is 0.826. The Morgan fingerprint density at radius 1 is 1.29 bits per heavy atom. The van der Waals surface area contributed by atoms with Gasteiger partial charge in [0.1, 0.15) is 17.5 Å². The van der Waals surface area contributed by atoms with Crippen LogP contribution in [0, 0.1) is 0 Å². The summed E-state index contributed by atoms with van der Waals surface area (Å²) in [4.78, 5) is 2.35. The first-order valence-corrected chi connectivity index (χ1v) is 7.83. The lowest BCUT2D eigenvalue weighted by atomic mass is 9.84. The van der Waals surface area contributed by atoms with Crippen LogP contribution >= 0.6 is 0 Å². The number of fused-ring (bicyclic) bond motifs is 1. The van der Waals surface area contributed by atoms with Crippen molar-refractivity contribution in [3.63, 3.8) is 0 Å². The van der Waals surface area contributed by atoms with Gasteiger partial charge in [0.05, 0.1) is 12.1 Å². The van der Waals surface area contributed by atoms with Crippen molar-refractivity contribution in [1.82, 2.24) is 4.90 Å². The van der Waals surface area contributed by atoms with Gasteiger partial charge in [-0.1, -0.05) is 6.07 Å². The minimum Gasteiger partial charge on any atom is -0.485 e. The maximum atomic E-state index is 10.8. The quantitative estimate of drug-likeness (QED) is 0.878. The molecule has 2 N–H and O–H groups in total. The molecule has 1 saturated heterocycles. The first-order valence-electron chi connectivity index (χ1n) is 7.83. The summed E-state index contributed by atoms with van der Waals surface area (Å²) in [7, 11) is 0. The Morgan fingerprint density at radius 3 is 2.57 bits per heavy atom. The highest BCUT2D eigenvalue weighted by Gasteiger charge is 2.45. The number of rotatable bonds is 2. The zero-order valence-corrected chi connectivity index (χ0v) is 13.0. The molecule has 1 unspecified atom stereocenters. The molecule has 1 fully saturated rings. The van der Waals surface area contributed by atoms with Crippen LogP contribution in [0.5, 0.6) is 5.75 Å². The molecule has 1 aromatic carbocycles. The van der Waals surface area contributed by atoms with Crippen molar-refractivity contribution in [2.24, 2.45) is 0 Å². The van der Waals surface area contributed by atoms with Gasteiger partial charge in [0, 0.05) is 5.56 Å². The van der Waals surface area contributed by atoms with Crippen LogP contribution in [0.2, 0.25) is 0 Å². The average Bonchev–Trinajstić information content (AvgIpc) is 2.93. The summed E-state index contributed by atoms with van der Waals surface area (Å²) < 4.78 is 6.00. The van der Waals surface area contributed by atoms with Gasteiger partial charge in [0.15, 0.2) is 0 Å². The number of likely N-dealkylation sites (tertiary alicyclic amines) is 1. The molecule has 4 nitrogen and oxygen atoms in total. The van der Waals surface area contributed by atoms with Crippen LogP contribution in [0.3, 0.4) is 0 Å². The molecule has 21 heavy (non-hydrogen) atoms. The van der Waals surface area contributed by atoms with Crippen molar-refractivity contribution in [1.29, 1.82) is 0 Å². The third-order valence-electron chi connectivity index (χ3n) is 4.75. The molecule has 0 aliphatic carbocycles. The van der Waals surface area contributed by atoms with Gasteiger partial charge in [-0.15, -0.1) is 0 Å². The Hall–Kier alpha value is -1.10. The molecule has 0 amide bonds. The van der Waals surface area contributed by atoms with E-state index in [2.05, 4.69) is 4.90 Å². The second-order valence-electron chi connectivity index (χ2n) is 6.81. The van der Waals surface area contributed by atoms with E-state index in [0.29, 0.717) is 0 Å². The molecule has 1 aromatic rings. The maximum absolute atomic E-state index is 10.8. The smallest absolute Gasteiger partial charge is 0.131 e. The number of nitrogens with zero attached hydrogens (tertiary/aromatic N) is 1. The molecule has 0 aromatic heterocycles. The van der Waals surface area contributed by atoms with E-state index in [1.54, 1.807) is 6.92 Å². The highest BCUT2D eigenvalue weighted by molar-refractivity contribution is 5.43. The molecule has 2 aliphatic heterocycles. The van der Waals surface area contributed by atoms with E-state index in [1.165, 1.54) is 12.8 Å².